The van der Waals surface area contributed by atoms with Gasteiger partial charge in [0.1, 0.15) is 6.04 Å². The first-order valence-corrected chi connectivity index (χ1v) is 14.1. The lowest BCUT2D eigenvalue weighted by molar-refractivity contribution is -0.142. The van der Waals surface area contributed by atoms with Gasteiger partial charge in [0.15, 0.2) is 0 Å². The number of benzene rings is 2. The minimum absolute atomic E-state index is 0.0220. The number of amides is 3. The van der Waals surface area contributed by atoms with E-state index in [1.54, 1.807) is 40.9 Å². The molecular formula is C28H32ClN3O4S. The summed E-state index contributed by atoms with van der Waals surface area (Å²) in [5.41, 5.74) is 1.20. The van der Waals surface area contributed by atoms with Crippen LogP contribution in [0.3, 0.4) is 0 Å². The third kappa shape index (κ3) is 4.14. The number of nitrogens with zero attached hydrogens (tertiary/aromatic N) is 1. The highest BCUT2D eigenvalue weighted by Gasteiger charge is 2.76. The fraction of sp³-hybridized carbons (Fsp3) is 0.464. The minimum Gasteiger partial charge on any atom is -0.394 e. The van der Waals surface area contributed by atoms with Gasteiger partial charge in [-0.1, -0.05) is 67.9 Å². The summed E-state index contributed by atoms with van der Waals surface area (Å²) in [6.07, 6.45) is 1.55. The summed E-state index contributed by atoms with van der Waals surface area (Å²) in [6, 6.07) is 14.6. The van der Waals surface area contributed by atoms with Crippen molar-refractivity contribution in [1.29, 1.82) is 0 Å². The Morgan fingerprint density at radius 1 is 1.16 bits per heavy atom. The third-order valence-corrected chi connectivity index (χ3v) is 10.5. The first-order valence-electron chi connectivity index (χ1n) is 12.8. The zero-order chi connectivity index (χ0) is 26.3. The number of hydrogen-bond acceptors (Lipinski definition) is 5. The molecule has 196 valence electrons. The maximum atomic E-state index is 14.3. The highest BCUT2D eigenvalue weighted by Crippen LogP contribution is 2.69. The minimum atomic E-state index is -0.882. The molecule has 1 spiro atoms. The standard InChI is InChI=1S/C28H32ClN3O4S/c1-3-13-30-25(34)22-21-14-16(2)28(37-21)23(22)27(36)32(20(15-33)17-9-5-4-6-10-17)24(28)26(35)31-19-12-8-7-11-18(19)29/h4-12,16,20-24,33H,3,13-15H2,1-2H3,(H,30,34)(H,31,35)/t16?,20-,21-,22+,23+,24?,28?/m1/s1. The molecule has 0 radical (unpaired) electrons. The second-order valence-corrected chi connectivity index (χ2v) is 12.1. The van der Waals surface area contributed by atoms with Gasteiger partial charge in [-0.05, 0) is 36.5 Å². The van der Waals surface area contributed by atoms with E-state index in [2.05, 4.69) is 17.6 Å². The van der Waals surface area contributed by atoms with Gasteiger partial charge >= 0.3 is 0 Å². The number of hydrogen-bond donors (Lipinski definition) is 3. The first kappa shape index (κ1) is 26.1. The normalized spacial score (nSPS) is 30.8. The van der Waals surface area contributed by atoms with E-state index in [4.69, 9.17) is 11.6 Å². The van der Waals surface area contributed by atoms with Crippen LogP contribution < -0.4 is 10.6 Å². The molecule has 0 saturated carbocycles. The number of aliphatic hydroxyl groups excluding tert-OH is 1. The van der Waals surface area contributed by atoms with E-state index in [9.17, 15) is 19.5 Å². The number of rotatable bonds is 8. The number of thioether (sulfide) groups is 1. The van der Waals surface area contributed by atoms with E-state index in [1.807, 2.05) is 37.3 Å². The Hall–Kier alpha value is -2.55. The fourth-order valence-corrected chi connectivity index (χ4v) is 9.15. The summed E-state index contributed by atoms with van der Waals surface area (Å²) in [7, 11) is 0. The van der Waals surface area contributed by atoms with E-state index < -0.39 is 28.7 Å². The maximum Gasteiger partial charge on any atom is 0.248 e. The maximum absolute atomic E-state index is 14.3. The van der Waals surface area contributed by atoms with Crippen LogP contribution >= 0.6 is 23.4 Å². The summed E-state index contributed by atoms with van der Waals surface area (Å²) in [5, 5.41) is 16.9. The van der Waals surface area contributed by atoms with E-state index in [0.29, 0.717) is 17.3 Å². The Balaban J connectivity index is 1.61. The van der Waals surface area contributed by atoms with Gasteiger partial charge < -0.3 is 20.6 Å². The summed E-state index contributed by atoms with van der Waals surface area (Å²) < 4.78 is -0.788. The summed E-state index contributed by atoms with van der Waals surface area (Å²) in [6.45, 7) is 4.26. The smallest absolute Gasteiger partial charge is 0.248 e. The second-order valence-electron chi connectivity index (χ2n) is 10.2. The monoisotopic (exact) mass is 541 g/mol. The lowest BCUT2D eigenvalue weighted by Crippen LogP contribution is -2.55. The van der Waals surface area contributed by atoms with Gasteiger partial charge in [-0.25, -0.2) is 0 Å². The number of para-hydroxylation sites is 1. The quantitative estimate of drug-likeness (QED) is 0.471. The first-order chi connectivity index (χ1) is 17.8. The van der Waals surface area contributed by atoms with Crippen LogP contribution in [-0.4, -0.2) is 56.9 Å². The van der Waals surface area contributed by atoms with Gasteiger partial charge in [-0.3, -0.25) is 14.4 Å². The average molecular weight is 542 g/mol. The van der Waals surface area contributed by atoms with E-state index in [-0.39, 0.29) is 35.5 Å². The van der Waals surface area contributed by atoms with E-state index in [0.717, 1.165) is 18.4 Å². The van der Waals surface area contributed by atoms with Crippen LogP contribution in [0.4, 0.5) is 5.69 Å². The van der Waals surface area contributed by atoms with Crippen LogP contribution in [0, 0.1) is 17.8 Å². The van der Waals surface area contributed by atoms with Crippen molar-refractivity contribution in [2.24, 2.45) is 17.8 Å². The van der Waals surface area contributed by atoms with Crippen molar-refractivity contribution in [3.05, 3.63) is 65.2 Å². The van der Waals surface area contributed by atoms with Gasteiger partial charge in [0, 0.05) is 11.8 Å². The Bertz CT molecular complexity index is 1200. The predicted molar refractivity (Wildman–Crippen MR) is 145 cm³/mol. The zero-order valence-electron chi connectivity index (χ0n) is 20.9. The van der Waals surface area contributed by atoms with Crippen molar-refractivity contribution < 1.29 is 19.5 Å². The lowest BCUT2D eigenvalue weighted by atomic mass is 9.66. The van der Waals surface area contributed by atoms with Crippen molar-refractivity contribution in [2.45, 2.75) is 48.8 Å². The molecule has 37 heavy (non-hydrogen) atoms. The Morgan fingerprint density at radius 2 is 1.86 bits per heavy atom. The van der Waals surface area contributed by atoms with Gasteiger partial charge in [0.25, 0.3) is 0 Å². The Morgan fingerprint density at radius 3 is 2.54 bits per heavy atom. The van der Waals surface area contributed by atoms with Crippen molar-refractivity contribution in [1.82, 2.24) is 10.2 Å². The summed E-state index contributed by atoms with van der Waals surface area (Å²) >= 11 is 7.97. The SMILES string of the molecule is CCCNC(=O)[C@@H]1[C@H]2C(=O)N([C@H](CO)c3ccccc3)C(C(=O)Nc3ccccc3Cl)C23S[C@@H]1CC3C. The van der Waals surface area contributed by atoms with Crippen LogP contribution in [-0.2, 0) is 14.4 Å². The van der Waals surface area contributed by atoms with Gasteiger partial charge in [0.05, 0.1) is 39.9 Å². The number of carbonyl (C=O) groups excluding carboxylic acids is 3. The van der Waals surface area contributed by atoms with Crippen LogP contribution in [0.1, 0.15) is 38.3 Å². The largest absolute Gasteiger partial charge is 0.394 e. The molecule has 3 N–H and O–H groups in total. The summed E-state index contributed by atoms with van der Waals surface area (Å²) in [5.74, 6) is -1.88. The van der Waals surface area contributed by atoms with E-state index in [1.165, 1.54) is 0 Å². The van der Waals surface area contributed by atoms with Crippen molar-refractivity contribution in [3.8, 4) is 0 Å². The number of likely N-dealkylation sites (tertiary alicyclic amines) is 1. The van der Waals surface area contributed by atoms with Crippen molar-refractivity contribution in [2.75, 3.05) is 18.5 Å². The number of aliphatic hydroxyl groups is 1. The van der Waals surface area contributed by atoms with Gasteiger partial charge in [-0.2, -0.15) is 0 Å². The van der Waals surface area contributed by atoms with Gasteiger partial charge in [-0.15, -0.1) is 11.8 Å². The molecule has 3 saturated heterocycles. The number of fused-ring (bicyclic) bond motifs is 1. The molecule has 3 amide bonds. The number of anilines is 1. The molecule has 7 atom stereocenters. The molecule has 2 aromatic rings. The molecule has 2 bridgehead atoms. The highest BCUT2D eigenvalue weighted by atomic mass is 35.5. The molecule has 3 aliphatic rings. The average Bonchev–Trinajstić information content (AvgIpc) is 3.49. The topological polar surface area (TPSA) is 98.7 Å². The molecule has 0 aromatic heterocycles. The summed E-state index contributed by atoms with van der Waals surface area (Å²) in [4.78, 5) is 43.4. The van der Waals surface area contributed by atoms with Crippen LogP contribution in [0.15, 0.2) is 54.6 Å². The molecule has 9 heteroatoms. The van der Waals surface area contributed by atoms with Gasteiger partial charge in [0.2, 0.25) is 17.7 Å². The lowest BCUT2D eigenvalue weighted by Gasteiger charge is -2.40. The zero-order valence-corrected chi connectivity index (χ0v) is 22.5. The highest BCUT2D eigenvalue weighted by molar-refractivity contribution is 8.02. The predicted octanol–water partition coefficient (Wildman–Crippen LogP) is 3.88. The third-order valence-electron chi connectivity index (χ3n) is 8.11. The Labute approximate surface area is 226 Å². The molecule has 3 heterocycles. The molecule has 2 aromatic carbocycles. The molecular weight excluding hydrogens is 510 g/mol. The van der Waals surface area contributed by atoms with Crippen molar-refractivity contribution >= 4 is 46.8 Å². The molecule has 5 rings (SSSR count). The molecule has 0 aliphatic carbocycles. The Kier molecular flexibility index (Phi) is 7.27. The van der Waals surface area contributed by atoms with Crippen LogP contribution in [0.5, 0.6) is 0 Å². The van der Waals surface area contributed by atoms with Crippen molar-refractivity contribution in [3.63, 3.8) is 0 Å². The van der Waals surface area contributed by atoms with E-state index >= 15 is 0 Å². The molecule has 3 unspecified atom stereocenters. The number of halogens is 1. The second kappa shape index (κ2) is 10.3. The number of nitrogens with one attached hydrogen (secondary N) is 2. The van der Waals surface area contributed by atoms with Crippen LogP contribution in [0.25, 0.3) is 0 Å². The number of carbonyl (C=O) groups is 3. The van der Waals surface area contributed by atoms with Crippen LogP contribution in [0.2, 0.25) is 5.02 Å². The molecule has 7 nitrogen and oxygen atoms in total. The fourth-order valence-electron chi connectivity index (χ4n) is 6.55. The molecule has 3 fully saturated rings. The molecule has 3 aliphatic heterocycles.